The van der Waals surface area contributed by atoms with Crippen LogP contribution in [0.4, 0.5) is 4.39 Å². The van der Waals surface area contributed by atoms with Gasteiger partial charge < -0.3 is 0 Å². The van der Waals surface area contributed by atoms with Crippen molar-refractivity contribution in [2.45, 2.75) is 11.3 Å². The Morgan fingerprint density at radius 2 is 1.78 bits per heavy atom. The van der Waals surface area contributed by atoms with Crippen LogP contribution >= 0.6 is 11.8 Å². The molecule has 0 aliphatic heterocycles. The molecule has 1 nitrogen and oxygen atoms in total. The van der Waals surface area contributed by atoms with Gasteiger partial charge in [0.15, 0.2) is 5.78 Å². The Morgan fingerprint density at radius 1 is 1.11 bits per heavy atom. The maximum absolute atomic E-state index is 13.5. The van der Waals surface area contributed by atoms with Gasteiger partial charge in [-0.15, -0.1) is 11.8 Å². The Bertz CT molecular complexity index is 566. The van der Waals surface area contributed by atoms with Crippen molar-refractivity contribution in [3.05, 3.63) is 65.5 Å². The number of halogens is 1. The summed E-state index contributed by atoms with van der Waals surface area (Å²) in [5.41, 5.74) is 1.10. The average molecular weight is 260 g/mol. The van der Waals surface area contributed by atoms with E-state index in [0.717, 1.165) is 4.90 Å². The highest BCUT2D eigenvalue weighted by molar-refractivity contribution is 7.98. The molecule has 0 N–H and O–H groups in total. The molecule has 0 radical (unpaired) electrons. The number of benzene rings is 2. The maximum atomic E-state index is 13.5. The normalized spacial score (nSPS) is 10.3. The Kier molecular flexibility index (Phi) is 4.15. The van der Waals surface area contributed by atoms with Crippen molar-refractivity contribution in [2.75, 3.05) is 6.26 Å². The highest BCUT2D eigenvalue weighted by Crippen LogP contribution is 2.21. The van der Waals surface area contributed by atoms with Crippen LogP contribution in [-0.4, -0.2) is 12.0 Å². The average Bonchev–Trinajstić information content (AvgIpc) is 2.41. The fourth-order valence-electron chi connectivity index (χ4n) is 1.78. The third-order valence-electron chi connectivity index (χ3n) is 2.72. The molecule has 0 aromatic heterocycles. The monoisotopic (exact) mass is 260 g/mol. The SMILES string of the molecule is CSc1ccccc1C(=O)Cc1ccccc1F. The van der Waals surface area contributed by atoms with Crippen LogP contribution in [0.5, 0.6) is 0 Å². The molecule has 0 fully saturated rings. The van der Waals surface area contributed by atoms with E-state index in [0.29, 0.717) is 11.1 Å². The number of thioether (sulfide) groups is 1. The third kappa shape index (κ3) is 2.79. The summed E-state index contributed by atoms with van der Waals surface area (Å²) in [4.78, 5) is 13.1. The van der Waals surface area contributed by atoms with Gasteiger partial charge in [0.2, 0.25) is 0 Å². The molecule has 92 valence electrons. The first-order valence-electron chi connectivity index (χ1n) is 5.62. The van der Waals surface area contributed by atoms with Crippen molar-refractivity contribution in [1.29, 1.82) is 0 Å². The lowest BCUT2D eigenvalue weighted by atomic mass is 10.0. The minimum Gasteiger partial charge on any atom is -0.294 e. The molecule has 0 atom stereocenters. The van der Waals surface area contributed by atoms with E-state index in [-0.39, 0.29) is 18.0 Å². The van der Waals surface area contributed by atoms with Gasteiger partial charge in [-0.2, -0.15) is 0 Å². The lowest BCUT2D eigenvalue weighted by Gasteiger charge is -2.06. The van der Waals surface area contributed by atoms with Crippen LogP contribution in [-0.2, 0) is 6.42 Å². The first-order chi connectivity index (χ1) is 8.72. The molecule has 3 heteroatoms. The molecule has 2 aromatic carbocycles. The molecular formula is C15H13FOS. The summed E-state index contributed by atoms with van der Waals surface area (Å²) in [6.45, 7) is 0. The second kappa shape index (κ2) is 5.83. The van der Waals surface area contributed by atoms with Crippen LogP contribution in [0, 0.1) is 5.82 Å². The lowest BCUT2D eigenvalue weighted by Crippen LogP contribution is -2.06. The van der Waals surface area contributed by atoms with Crippen molar-refractivity contribution >= 4 is 17.5 Å². The Balaban J connectivity index is 2.25. The molecule has 0 saturated heterocycles. The number of hydrogen-bond donors (Lipinski definition) is 0. The van der Waals surface area contributed by atoms with E-state index in [1.54, 1.807) is 24.3 Å². The van der Waals surface area contributed by atoms with Crippen molar-refractivity contribution in [1.82, 2.24) is 0 Å². The molecule has 0 aliphatic rings. The van der Waals surface area contributed by atoms with Gasteiger partial charge in [-0.3, -0.25) is 4.79 Å². The van der Waals surface area contributed by atoms with Crippen LogP contribution in [0.3, 0.4) is 0 Å². The van der Waals surface area contributed by atoms with Crippen molar-refractivity contribution in [3.63, 3.8) is 0 Å². The van der Waals surface area contributed by atoms with Crippen LogP contribution in [0.2, 0.25) is 0 Å². The third-order valence-corrected chi connectivity index (χ3v) is 3.51. The Labute approximate surface area is 110 Å². The summed E-state index contributed by atoms with van der Waals surface area (Å²) in [5, 5.41) is 0. The molecule has 0 aliphatic carbocycles. The van der Waals surface area contributed by atoms with Crippen molar-refractivity contribution in [2.24, 2.45) is 0 Å². The molecule has 0 amide bonds. The zero-order valence-electron chi connectivity index (χ0n) is 10.0. The first-order valence-corrected chi connectivity index (χ1v) is 6.84. The summed E-state index contributed by atoms with van der Waals surface area (Å²) < 4.78 is 13.5. The number of rotatable bonds is 4. The summed E-state index contributed by atoms with van der Waals surface area (Å²) in [7, 11) is 0. The topological polar surface area (TPSA) is 17.1 Å². The number of Topliss-reactive ketones (excluding diaryl/α,β-unsaturated/α-hetero) is 1. The quantitative estimate of drug-likeness (QED) is 0.611. The molecule has 0 spiro atoms. The minimum absolute atomic E-state index is 0.0509. The van der Waals surface area contributed by atoms with E-state index in [1.807, 2.05) is 24.5 Å². The van der Waals surface area contributed by atoms with Gasteiger partial charge in [-0.1, -0.05) is 36.4 Å². The first kappa shape index (κ1) is 12.8. The predicted molar refractivity (Wildman–Crippen MR) is 72.7 cm³/mol. The molecular weight excluding hydrogens is 247 g/mol. The van der Waals surface area contributed by atoms with Crippen LogP contribution < -0.4 is 0 Å². The highest BCUT2D eigenvalue weighted by Gasteiger charge is 2.12. The summed E-state index contributed by atoms with van der Waals surface area (Å²) >= 11 is 1.52. The standard InChI is InChI=1S/C15H13FOS/c1-18-15-9-5-3-7-12(15)14(17)10-11-6-2-4-8-13(11)16/h2-9H,10H2,1H3. The van der Waals surface area contributed by atoms with E-state index in [1.165, 1.54) is 17.8 Å². The predicted octanol–water partition coefficient (Wildman–Crippen LogP) is 3.97. The van der Waals surface area contributed by atoms with Gasteiger partial charge in [0.05, 0.1) is 0 Å². The van der Waals surface area contributed by atoms with E-state index in [4.69, 9.17) is 0 Å². The van der Waals surface area contributed by atoms with Crippen molar-refractivity contribution in [3.8, 4) is 0 Å². The fourth-order valence-corrected chi connectivity index (χ4v) is 2.40. The molecule has 0 bridgehead atoms. The van der Waals surface area contributed by atoms with Gasteiger partial charge in [-0.25, -0.2) is 4.39 Å². The summed E-state index contributed by atoms with van der Waals surface area (Å²) in [5.74, 6) is -0.377. The summed E-state index contributed by atoms with van der Waals surface area (Å²) in [6, 6.07) is 13.8. The van der Waals surface area contributed by atoms with Gasteiger partial charge in [-0.05, 0) is 24.0 Å². The van der Waals surface area contributed by atoms with Crippen LogP contribution in [0.25, 0.3) is 0 Å². The van der Waals surface area contributed by atoms with E-state index in [2.05, 4.69) is 0 Å². The zero-order valence-corrected chi connectivity index (χ0v) is 10.8. The number of carbonyl (C=O) groups excluding carboxylic acids is 1. The van der Waals surface area contributed by atoms with Gasteiger partial charge in [0, 0.05) is 16.9 Å². The second-order valence-electron chi connectivity index (χ2n) is 3.89. The number of ketones is 1. The van der Waals surface area contributed by atoms with Crippen molar-refractivity contribution < 1.29 is 9.18 Å². The largest absolute Gasteiger partial charge is 0.294 e. The summed E-state index contributed by atoms with van der Waals surface area (Å²) in [6.07, 6.45) is 2.03. The minimum atomic E-state index is -0.326. The van der Waals surface area contributed by atoms with E-state index in [9.17, 15) is 9.18 Å². The van der Waals surface area contributed by atoms with Gasteiger partial charge >= 0.3 is 0 Å². The molecule has 0 saturated carbocycles. The smallest absolute Gasteiger partial charge is 0.168 e. The Hall–Kier alpha value is -1.61. The molecule has 2 rings (SSSR count). The fraction of sp³-hybridized carbons (Fsp3) is 0.133. The second-order valence-corrected chi connectivity index (χ2v) is 4.74. The van der Waals surface area contributed by atoms with Gasteiger partial charge in [0.25, 0.3) is 0 Å². The number of hydrogen-bond acceptors (Lipinski definition) is 2. The van der Waals surface area contributed by atoms with Crippen LogP contribution in [0.15, 0.2) is 53.4 Å². The highest BCUT2D eigenvalue weighted by atomic mass is 32.2. The van der Waals surface area contributed by atoms with Gasteiger partial charge in [0.1, 0.15) is 5.82 Å². The Morgan fingerprint density at radius 3 is 2.50 bits per heavy atom. The molecule has 2 aromatic rings. The maximum Gasteiger partial charge on any atom is 0.168 e. The zero-order chi connectivity index (χ0) is 13.0. The van der Waals surface area contributed by atoms with E-state index >= 15 is 0 Å². The van der Waals surface area contributed by atoms with Crippen LogP contribution in [0.1, 0.15) is 15.9 Å². The number of carbonyl (C=O) groups is 1. The lowest BCUT2D eigenvalue weighted by molar-refractivity contribution is 0.0989. The molecule has 0 unspecified atom stereocenters. The van der Waals surface area contributed by atoms with E-state index < -0.39 is 0 Å². The molecule has 18 heavy (non-hydrogen) atoms. The molecule has 0 heterocycles.